The van der Waals surface area contributed by atoms with E-state index in [2.05, 4.69) is 0 Å². The van der Waals surface area contributed by atoms with E-state index < -0.39 is 15.6 Å². The molecule has 0 bridgehead atoms. The fourth-order valence-corrected chi connectivity index (χ4v) is 4.43. The topological polar surface area (TPSA) is 46.6 Å². The molecule has 0 amide bonds. The van der Waals surface area contributed by atoms with Crippen LogP contribution < -0.4 is 0 Å². The molecule has 0 radical (unpaired) electrons. The van der Waals surface area contributed by atoms with Crippen LogP contribution in [0.2, 0.25) is 0 Å². The molecule has 2 rings (SSSR count). The van der Waals surface area contributed by atoms with Gasteiger partial charge >= 0.3 is 0 Å². The van der Waals surface area contributed by atoms with Gasteiger partial charge in [-0.05, 0) is 43.9 Å². The van der Waals surface area contributed by atoms with Crippen LogP contribution in [0.5, 0.6) is 0 Å². The second-order valence-electron chi connectivity index (χ2n) is 5.68. The second-order valence-corrected chi connectivity index (χ2v) is 8.00. The zero-order valence-electron chi connectivity index (χ0n) is 12.5. The van der Waals surface area contributed by atoms with Crippen LogP contribution in [-0.2, 0) is 21.2 Å². The molecule has 0 N–H and O–H groups in total. The number of benzene rings is 1. The molecule has 0 aliphatic carbocycles. The Morgan fingerprint density at radius 3 is 2.57 bits per heavy atom. The highest BCUT2D eigenvalue weighted by atomic mass is 35.5. The summed E-state index contributed by atoms with van der Waals surface area (Å²) in [5.41, 5.74) is 0.647. The minimum Gasteiger partial charge on any atom is -0.377 e. The van der Waals surface area contributed by atoms with E-state index in [1.807, 2.05) is 19.1 Å². The monoisotopic (exact) mass is 331 g/mol. The maximum Gasteiger partial charge on any atom is 0.243 e. The summed E-state index contributed by atoms with van der Waals surface area (Å²) in [5, 5.41) is 0. The average Bonchev–Trinajstić information content (AvgIpc) is 2.48. The molecule has 1 unspecified atom stereocenters. The van der Waals surface area contributed by atoms with Crippen LogP contribution in [0.4, 0.5) is 0 Å². The van der Waals surface area contributed by atoms with Gasteiger partial charge in [-0.1, -0.05) is 12.1 Å². The van der Waals surface area contributed by atoms with Crippen LogP contribution in [0.1, 0.15) is 25.3 Å². The molecule has 0 spiro atoms. The van der Waals surface area contributed by atoms with E-state index in [4.69, 9.17) is 16.3 Å². The van der Waals surface area contributed by atoms with Crippen LogP contribution in [0.15, 0.2) is 29.2 Å². The molecule has 1 atom stereocenters. The quantitative estimate of drug-likeness (QED) is 0.779. The summed E-state index contributed by atoms with van der Waals surface area (Å²) in [7, 11) is -1.82. The zero-order chi connectivity index (χ0) is 15.5. The number of piperidine rings is 1. The van der Waals surface area contributed by atoms with Crippen molar-refractivity contribution in [3.8, 4) is 0 Å². The summed E-state index contributed by atoms with van der Waals surface area (Å²) in [6.07, 6.45) is 2.44. The van der Waals surface area contributed by atoms with Crippen LogP contribution in [0.25, 0.3) is 0 Å². The molecular formula is C15H22ClNO3S. The molecule has 0 saturated carbocycles. The molecule has 1 aliphatic heterocycles. The Hall–Kier alpha value is -0.620. The second kappa shape index (κ2) is 6.65. The van der Waals surface area contributed by atoms with Crippen LogP contribution in [0.3, 0.4) is 0 Å². The SMILES string of the molecule is COC1(C)CCCN(S(=O)(=O)c2ccc(CCCl)cc2)C1. The third-order valence-corrected chi connectivity index (χ3v) is 6.11. The Labute approximate surface area is 132 Å². The molecule has 1 aromatic rings. The van der Waals surface area contributed by atoms with Crippen molar-refractivity contribution in [3.05, 3.63) is 29.8 Å². The van der Waals surface area contributed by atoms with Crippen LogP contribution in [0, 0.1) is 0 Å². The standard InChI is InChI=1S/C15H22ClNO3S/c1-15(20-2)9-3-11-17(12-15)21(18,19)14-6-4-13(5-7-14)8-10-16/h4-7H,3,8-12H2,1-2H3. The maximum absolute atomic E-state index is 12.7. The highest BCUT2D eigenvalue weighted by Gasteiger charge is 2.36. The first kappa shape index (κ1) is 16.7. The number of hydrogen-bond acceptors (Lipinski definition) is 3. The molecule has 1 aromatic carbocycles. The summed E-state index contributed by atoms with van der Waals surface area (Å²) in [6.45, 7) is 2.90. The van der Waals surface area contributed by atoms with Gasteiger partial charge in [0.15, 0.2) is 0 Å². The fraction of sp³-hybridized carbons (Fsp3) is 0.600. The maximum atomic E-state index is 12.7. The molecule has 1 aliphatic rings. The Balaban J connectivity index is 2.21. The normalized spacial score (nSPS) is 24.1. The van der Waals surface area contributed by atoms with E-state index in [1.165, 1.54) is 4.31 Å². The van der Waals surface area contributed by atoms with E-state index in [1.54, 1.807) is 19.2 Å². The lowest BCUT2D eigenvalue weighted by Gasteiger charge is -2.38. The molecule has 21 heavy (non-hydrogen) atoms. The molecule has 0 aromatic heterocycles. The van der Waals surface area contributed by atoms with Gasteiger partial charge in [-0.25, -0.2) is 8.42 Å². The summed E-state index contributed by atoms with van der Waals surface area (Å²) >= 11 is 5.69. The van der Waals surface area contributed by atoms with E-state index in [0.29, 0.717) is 23.9 Å². The number of ether oxygens (including phenoxy) is 1. The smallest absolute Gasteiger partial charge is 0.243 e. The van der Waals surface area contributed by atoms with Crippen molar-refractivity contribution in [2.75, 3.05) is 26.1 Å². The Morgan fingerprint density at radius 2 is 2.00 bits per heavy atom. The van der Waals surface area contributed by atoms with E-state index in [-0.39, 0.29) is 0 Å². The number of nitrogens with zero attached hydrogens (tertiary/aromatic N) is 1. The van der Waals surface area contributed by atoms with Crippen molar-refractivity contribution < 1.29 is 13.2 Å². The van der Waals surface area contributed by atoms with Crippen molar-refractivity contribution in [1.82, 2.24) is 4.31 Å². The number of alkyl halides is 1. The van der Waals surface area contributed by atoms with Gasteiger partial charge in [0.2, 0.25) is 10.0 Å². The Bertz CT molecular complexity index is 573. The largest absolute Gasteiger partial charge is 0.377 e. The van der Waals surface area contributed by atoms with Gasteiger partial charge in [-0.3, -0.25) is 0 Å². The van der Waals surface area contributed by atoms with Crippen molar-refractivity contribution in [2.24, 2.45) is 0 Å². The van der Waals surface area contributed by atoms with Crippen molar-refractivity contribution in [1.29, 1.82) is 0 Å². The van der Waals surface area contributed by atoms with Gasteiger partial charge in [-0.2, -0.15) is 4.31 Å². The van der Waals surface area contributed by atoms with E-state index in [9.17, 15) is 8.42 Å². The predicted octanol–water partition coefficient (Wildman–Crippen LogP) is 2.66. The van der Waals surface area contributed by atoms with Crippen LogP contribution in [-0.4, -0.2) is 44.4 Å². The number of halogens is 1. The summed E-state index contributed by atoms with van der Waals surface area (Å²) in [4.78, 5) is 0.334. The van der Waals surface area contributed by atoms with Gasteiger partial charge < -0.3 is 4.74 Å². The molecule has 1 saturated heterocycles. The highest BCUT2D eigenvalue weighted by molar-refractivity contribution is 7.89. The number of methoxy groups -OCH3 is 1. The van der Waals surface area contributed by atoms with Crippen LogP contribution >= 0.6 is 11.6 Å². The summed E-state index contributed by atoms with van der Waals surface area (Å²) in [5.74, 6) is 0.532. The van der Waals surface area contributed by atoms with Gasteiger partial charge in [0, 0.05) is 26.1 Å². The summed E-state index contributed by atoms with van der Waals surface area (Å²) < 4.78 is 32.4. The van der Waals surface area contributed by atoms with Crippen molar-refractivity contribution in [3.63, 3.8) is 0 Å². The first-order chi connectivity index (χ1) is 9.91. The Morgan fingerprint density at radius 1 is 1.33 bits per heavy atom. The zero-order valence-corrected chi connectivity index (χ0v) is 14.1. The lowest BCUT2D eigenvalue weighted by molar-refractivity contribution is -0.0319. The lowest BCUT2D eigenvalue weighted by atomic mass is 9.96. The fourth-order valence-electron chi connectivity index (χ4n) is 2.62. The molecule has 1 fully saturated rings. The third kappa shape index (κ3) is 3.77. The minimum absolute atomic E-state index is 0.334. The molecule has 4 nitrogen and oxygen atoms in total. The number of rotatable bonds is 5. The molecule has 6 heteroatoms. The van der Waals surface area contributed by atoms with Crippen molar-refractivity contribution in [2.45, 2.75) is 36.7 Å². The first-order valence-electron chi connectivity index (χ1n) is 7.11. The van der Waals surface area contributed by atoms with Gasteiger partial charge in [0.05, 0.1) is 10.5 Å². The first-order valence-corrected chi connectivity index (χ1v) is 9.09. The predicted molar refractivity (Wildman–Crippen MR) is 84.3 cm³/mol. The summed E-state index contributed by atoms with van der Waals surface area (Å²) in [6, 6.07) is 6.98. The number of sulfonamides is 1. The lowest BCUT2D eigenvalue weighted by Crippen LogP contribution is -2.49. The Kier molecular flexibility index (Phi) is 5.30. The minimum atomic E-state index is -3.45. The van der Waals surface area contributed by atoms with Gasteiger partial charge in [0.1, 0.15) is 0 Å². The molecular weight excluding hydrogens is 310 g/mol. The molecule has 118 valence electrons. The van der Waals surface area contributed by atoms with Crippen molar-refractivity contribution >= 4 is 21.6 Å². The molecule has 1 heterocycles. The number of hydrogen-bond donors (Lipinski definition) is 0. The van der Waals surface area contributed by atoms with Gasteiger partial charge in [-0.15, -0.1) is 11.6 Å². The van der Waals surface area contributed by atoms with Gasteiger partial charge in [0.25, 0.3) is 0 Å². The average molecular weight is 332 g/mol. The van der Waals surface area contributed by atoms with E-state index >= 15 is 0 Å². The number of aryl methyl sites for hydroxylation is 1. The third-order valence-electron chi connectivity index (χ3n) is 4.06. The van der Waals surface area contributed by atoms with E-state index in [0.717, 1.165) is 24.8 Å². The highest BCUT2D eigenvalue weighted by Crippen LogP contribution is 2.28.